The van der Waals surface area contributed by atoms with Crippen LogP contribution < -0.4 is 10.6 Å². The molecule has 1 aromatic carbocycles. The highest BCUT2D eigenvalue weighted by Gasteiger charge is 2.41. The van der Waals surface area contributed by atoms with Gasteiger partial charge >= 0.3 is 6.03 Å². The number of urea groups is 1. The lowest BCUT2D eigenvalue weighted by atomic mass is 9.82. The van der Waals surface area contributed by atoms with Gasteiger partial charge in [0.05, 0.1) is 5.69 Å². The summed E-state index contributed by atoms with van der Waals surface area (Å²) in [6, 6.07) is 6.27. The van der Waals surface area contributed by atoms with E-state index in [0.717, 1.165) is 32.1 Å². The van der Waals surface area contributed by atoms with Crippen molar-refractivity contribution >= 4 is 17.6 Å². The van der Waals surface area contributed by atoms with Crippen molar-refractivity contribution in [3.8, 4) is 0 Å². The molecule has 2 fully saturated rings. The second-order valence-corrected chi connectivity index (χ2v) is 6.42. The number of piperidine rings is 2. The summed E-state index contributed by atoms with van der Waals surface area (Å²) in [5, 5.41) is 5.66. The number of nitrogens with one attached hydrogen (secondary N) is 2. The lowest BCUT2D eigenvalue weighted by Crippen LogP contribution is -2.59. The molecular formula is C17H22FN3O2. The van der Waals surface area contributed by atoms with Crippen molar-refractivity contribution in [1.29, 1.82) is 0 Å². The molecule has 0 aromatic heterocycles. The zero-order chi connectivity index (χ0) is 16.4. The fourth-order valence-corrected chi connectivity index (χ4v) is 3.86. The number of halogens is 1. The number of benzene rings is 1. The van der Waals surface area contributed by atoms with Crippen molar-refractivity contribution in [1.82, 2.24) is 10.2 Å². The van der Waals surface area contributed by atoms with E-state index in [4.69, 9.17) is 0 Å². The standard InChI is InChI=1S/C17H22FN3O2/c1-11(22)19-12-9-13-5-4-6-14(10-12)21(13)17(23)20-16-8-3-2-7-15(16)18/h2-3,7-8,12-14H,4-6,9-10H2,1H3,(H,19,22)(H,20,23)/t13-,14-/m0/s1. The number of carbonyl (C=O) groups excluding carboxylic acids is 2. The Labute approximate surface area is 135 Å². The Morgan fingerprint density at radius 3 is 2.43 bits per heavy atom. The van der Waals surface area contributed by atoms with Crippen molar-refractivity contribution < 1.29 is 14.0 Å². The van der Waals surface area contributed by atoms with E-state index < -0.39 is 5.82 Å². The Hall–Kier alpha value is -2.11. The summed E-state index contributed by atoms with van der Waals surface area (Å²) in [6.07, 6.45) is 4.47. The normalized spacial score (nSPS) is 26.5. The SMILES string of the molecule is CC(=O)NC1C[C@@H]2CCC[C@@H](C1)N2C(=O)Nc1ccccc1F. The summed E-state index contributed by atoms with van der Waals surface area (Å²) in [5.41, 5.74) is 0.208. The number of hydrogen-bond donors (Lipinski definition) is 2. The minimum Gasteiger partial charge on any atom is -0.353 e. The van der Waals surface area contributed by atoms with E-state index >= 15 is 0 Å². The third-order valence-electron chi connectivity index (χ3n) is 4.73. The van der Waals surface area contributed by atoms with E-state index in [1.807, 2.05) is 4.90 Å². The van der Waals surface area contributed by atoms with Crippen LogP contribution in [0.3, 0.4) is 0 Å². The van der Waals surface area contributed by atoms with Crippen LogP contribution >= 0.6 is 0 Å². The molecule has 2 aliphatic rings. The Morgan fingerprint density at radius 2 is 1.83 bits per heavy atom. The Morgan fingerprint density at radius 1 is 1.17 bits per heavy atom. The van der Waals surface area contributed by atoms with Gasteiger partial charge in [0.2, 0.25) is 5.91 Å². The number of para-hydroxylation sites is 1. The highest BCUT2D eigenvalue weighted by Crippen LogP contribution is 2.34. The van der Waals surface area contributed by atoms with E-state index in [2.05, 4.69) is 10.6 Å². The molecule has 0 saturated carbocycles. The van der Waals surface area contributed by atoms with Gasteiger partial charge in [0, 0.05) is 25.0 Å². The smallest absolute Gasteiger partial charge is 0.322 e. The first kappa shape index (κ1) is 15.8. The lowest BCUT2D eigenvalue weighted by molar-refractivity contribution is -0.120. The van der Waals surface area contributed by atoms with Crippen molar-refractivity contribution in [2.24, 2.45) is 0 Å². The van der Waals surface area contributed by atoms with Crippen LogP contribution in [0.15, 0.2) is 24.3 Å². The second-order valence-electron chi connectivity index (χ2n) is 6.42. The van der Waals surface area contributed by atoms with Gasteiger partial charge < -0.3 is 15.5 Å². The van der Waals surface area contributed by atoms with E-state index in [1.165, 1.54) is 13.0 Å². The van der Waals surface area contributed by atoms with E-state index in [9.17, 15) is 14.0 Å². The number of hydrogen-bond acceptors (Lipinski definition) is 2. The molecule has 2 heterocycles. The number of nitrogens with zero attached hydrogens (tertiary/aromatic N) is 1. The molecular weight excluding hydrogens is 297 g/mol. The Bertz CT molecular complexity index is 593. The minimum absolute atomic E-state index is 0.0302. The van der Waals surface area contributed by atoms with Gasteiger partial charge in [0.15, 0.2) is 0 Å². The number of fused-ring (bicyclic) bond motifs is 2. The van der Waals surface area contributed by atoms with Gasteiger partial charge in [-0.2, -0.15) is 0 Å². The molecule has 6 heteroatoms. The summed E-state index contributed by atoms with van der Waals surface area (Å²) in [7, 11) is 0. The summed E-state index contributed by atoms with van der Waals surface area (Å²) < 4.78 is 13.7. The highest BCUT2D eigenvalue weighted by atomic mass is 19.1. The molecule has 23 heavy (non-hydrogen) atoms. The molecule has 0 radical (unpaired) electrons. The number of carbonyl (C=O) groups is 2. The van der Waals surface area contributed by atoms with Crippen molar-refractivity contribution in [3.63, 3.8) is 0 Å². The minimum atomic E-state index is -0.431. The van der Waals surface area contributed by atoms with Crippen LogP contribution in [0.5, 0.6) is 0 Å². The average molecular weight is 319 g/mol. The third-order valence-corrected chi connectivity index (χ3v) is 4.73. The van der Waals surface area contributed by atoms with Crippen LogP contribution in [0, 0.1) is 5.82 Å². The fourth-order valence-electron chi connectivity index (χ4n) is 3.86. The molecule has 3 amide bonds. The van der Waals surface area contributed by atoms with Crippen molar-refractivity contribution in [2.75, 3.05) is 5.32 Å². The topological polar surface area (TPSA) is 61.4 Å². The molecule has 5 nitrogen and oxygen atoms in total. The predicted octanol–water partition coefficient (Wildman–Crippen LogP) is 2.88. The van der Waals surface area contributed by atoms with Crippen LogP contribution in [-0.2, 0) is 4.79 Å². The Kier molecular flexibility index (Phi) is 4.50. The first-order valence-corrected chi connectivity index (χ1v) is 8.15. The Balaban J connectivity index is 1.71. The summed E-state index contributed by atoms with van der Waals surface area (Å²) >= 11 is 0. The molecule has 2 saturated heterocycles. The monoisotopic (exact) mass is 319 g/mol. The molecule has 2 bridgehead atoms. The summed E-state index contributed by atoms with van der Waals surface area (Å²) in [4.78, 5) is 25.8. The van der Waals surface area contributed by atoms with Crippen LogP contribution in [0.4, 0.5) is 14.9 Å². The average Bonchev–Trinajstić information content (AvgIpc) is 2.48. The zero-order valence-electron chi connectivity index (χ0n) is 13.2. The van der Waals surface area contributed by atoms with Gasteiger partial charge in [0.25, 0.3) is 0 Å². The summed E-state index contributed by atoms with van der Waals surface area (Å²) in [6.45, 7) is 1.52. The highest BCUT2D eigenvalue weighted by molar-refractivity contribution is 5.90. The zero-order valence-corrected chi connectivity index (χ0v) is 13.2. The molecule has 0 unspecified atom stereocenters. The van der Waals surface area contributed by atoms with Crippen LogP contribution in [0.2, 0.25) is 0 Å². The van der Waals surface area contributed by atoms with E-state index in [1.54, 1.807) is 18.2 Å². The molecule has 2 atom stereocenters. The van der Waals surface area contributed by atoms with E-state index in [-0.39, 0.29) is 35.8 Å². The van der Waals surface area contributed by atoms with Crippen molar-refractivity contribution in [3.05, 3.63) is 30.1 Å². The molecule has 124 valence electrons. The maximum absolute atomic E-state index is 13.7. The molecule has 2 N–H and O–H groups in total. The number of rotatable bonds is 2. The van der Waals surface area contributed by atoms with E-state index in [0.29, 0.717) is 0 Å². The third kappa shape index (κ3) is 3.46. The largest absolute Gasteiger partial charge is 0.353 e. The molecule has 0 spiro atoms. The molecule has 3 rings (SSSR count). The van der Waals surface area contributed by atoms with Gasteiger partial charge in [-0.05, 0) is 44.2 Å². The van der Waals surface area contributed by atoms with Gasteiger partial charge in [0.1, 0.15) is 5.82 Å². The molecule has 1 aromatic rings. The summed E-state index contributed by atoms with van der Waals surface area (Å²) in [5.74, 6) is -0.462. The second kappa shape index (κ2) is 6.56. The maximum Gasteiger partial charge on any atom is 0.322 e. The number of anilines is 1. The van der Waals surface area contributed by atoms with Crippen LogP contribution in [-0.4, -0.2) is 35.0 Å². The molecule has 2 aliphatic heterocycles. The predicted molar refractivity (Wildman–Crippen MR) is 85.5 cm³/mol. The van der Waals surface area contributed by atoms with Gasteiger partial charge in [-0.1, -0.05) is 12.1 Å². The number of amides is 3. The first-order chi connectivity index (χ1) is 11.0. The van der Waals surface area contributed by atoms with Crippen LogP contribution in [0.25, 0.3) is 0 Å². The van der Waals surface area contributed by atoms with Gasteiger partial charge in [-0.15, -0.1) is 0 Å². The first-order valence-electron chi connectivity index (χ1n) is 8.15. The van der Waals surface area contributed by atoms with Gasteiger partial charge in [-0.3, -0.25) is 4.79 Å². The maximum atomic E-state index is 13.7. The van der Waals surface area contributed by atoms with Crippen molar-refractivity contribution in [2.45, 2.75) is 57.2 Å². The van der Waals surface area contributed by atoms with Gasteiger partial charge in [-0.25, -0.2) is 9.18 Å². The molecule has 0 aliphatic carbocycles. The fraction of sp³-hybridized carbons (Fsp3) is 0.529. The lowest BCUT2D eigenvalue weighted by Gasteiger charge is -2.48. The quantitative estimate of drug-likeness (QED) is 0.880. The van der Waals surface area contributed by atoms with Crippen LogP contribution in [0.1, 0.15) is 39.0 Å².